The van der Waals surface area contributed by atoms with Crippen molar-refractivity contribution in [3.8, 4) is 0 Å². The van der Waals surface area contributed by atoms with E-state index in [-0.39, 0.29) is 0 Å². The third-order valence-corrected chi connectivity index (χ3v) is 6.05. The van der Waals surface area contributed by atoms with E-state index in [9.17, 15) is 43.2 Å². The molecular formula is C12H22F6N2O7S2. The minimum atomic E-state index is -6.72. The molecule has 0 amide bonds. The molecule has 29 heavy (non-hydrogen) atoms. The van der Waals surface area contributed by atoms with Crippen LogP contribution in [-0.4, -0.2) is 92.2 Å². The predicted molar refractivity (Wildman–Crippen MR) is 87.4 cm³/mol. The molecule has 1 saturated heterocycles. The molecule has 0 aromatic rings. The van der Waals surface area contributed by atoms with E-state index >= 15 is 0 Å². The number of nitrogens with zero attached hydrogens (tertiary/aromatic N) is 2. The molecule has 0 radical (unpaired) electrons. The van der Waals surface area contributed by atoms with Crippen LogP contribution in [0.15, 0.2) is 0 Å². The van der Waals surface area contributed by atoms with Gasteiger partial charge in [-0.05, 0) is 6.92 Å². The summed E-state index contributed by atoms with van der Waals surface area (Å²) in [5.74, 6) is 0. The van der Waals surface area contributed by atoms with Crippen LogP contribution in [0.1, 0.15) is 6.92 Å². The van der Waals surface area contributed by atoms with Crippen molar-refractivity contribution < 1.29 is 61.9 Å². The van der Waals surface area contributed by atoms with Crippen molar-refractivity contribution in [3.63, 3.8) is 0 Å². The lowest BCUT2D eigenvalue weighted by molar-refractivity contribution is -0.906. The first-order valence-corrected chi connectivity index (χ1v) is 10.8. The summed E-state index contributed by atoms with van der Waals surface area (Å²) >= 11 is 0. The second-order valence-corrected chi connectivity index (χ2v) is 9.25. The number of rotatable bonds is 9. The van der Waals surface area contributed by atoms with Crippen molar-refractivity contribution >= 4 is 20.0 Å². The molecule has 0 bridgehead atoms. The highest BCUT2D eigenvalue weighted by Gasteiger charge is 2.46. The SMILES string of the molecule is CCOCCOCC[N+]1(C)CCOC1.O=S(=O)([N-]S(=O)(=O)C(F)(F)F)C(F)(F)F. The highest BCUT2D eigenvalue weighted by atomic mass is 32.3. The summed E-state index contributed by atoms with van der Waals surface area (Å²) in [5.41, 5.74) is -12.4. The first-order chi connectivity index (χ1) is 13.0. The maximum absolute atomic E-state index is 11.4. The lowest BCUT2D eigenvalue weighted by Crippen LogP contribution is -2.44. The van der Waals surface area contributed by atoms with E-state index < -0.39 is 31.1 Å². The van der Waals surface area contributed by atoms with Crippen LogP contribution in [0, 0.1) is 0 Å². The van der Waals surface area contributed by atoms with E-state index in [0.717, 1.165) is 48.3 Å². The summed E-state index contributed by atoms with van der Waals surface area (Å²) in [6.07, 6.45) is 0. The van der Waals surface area contributed by atoms with Gasteiger partial charge in [0.25, 0.3) is 0 Å². The van der Waals surface area contributed by atoms with E-state index in [1.54, 1.807) is 0 Å². The molecule has 1 aliphatic heterocycles. The zero-order valence-corrected chi connectivity index (χ0v) is 17.1. The third-order valence-electron chi connectivity index (χ3n) is 3.31. The Hall–Kier alpha value is -0.720. The number of ether oxygens (including phenoxy) is 3. The summed E-state index contributed by atoms with van der Waals surface area (Å²) in [6, 6.07) is 0. The first-order valence-electron chi connectivity index (χ1n) is 7.91. The standard InChI is InChI=1S/C10H22NO3.C2F6NO4S2/c1-3-12-8-9-13-6-4-11(2)5-7-14-10-11;3-1(4,5)14(10,11)9-15(12,13)2(6,7)8/h3-10H2,1-2H3;/q+1;-1. The van der Waals surface area contributed by atoms with Crippen molar-refractivity contribution in [2.75, 3.05) is 59.9 Å². The Bertz CT molecular complexity index is 647. The highest BCUT2D eigenvalue weighted by molar-refractivity contribution is 8.13. The summed E-state index contributed by atoms with van der Waals surface area (Å²) < 4.78 is 126. The molecule has 1 fully saturated rings. The first kappa shape index (κ1) is 28.3. The normalized spacial score (nSPS) is 21.0. The molecule has 17 heteroatoms. The Morgan fingerprint density at radius 1 is 0.931 bits per heavy atom. The molecule has 0 spiro atoms. The molecule has 1 aliphatic rings. The molecule has 9 nitrogen and oxygen atoms in total. The second kappa shape index (κ2) is 11.1. The van der Waals surface area contributed by atoms with Gasteiger partial charge < -0.3 is 18.3 Å². The van der Waals surface area contributed by atoms with Crippen LogP contribution in [0.25, 0.3) is 4.13 Å². The van der Waals surface area contributed by atoms with Crippen molar-refractivity contribution in [2.45, 2.75) is 17.9 Å². The number of hydrogen-bond donors (Lipinski definition) is 0. The van der Waals surface area contributed by atoms with Crippen LogP contribution in [0.4, 0.5) is 26.3 Å². The number of sulfonamides is 2. The fraction of sp³-hybridized carbons (Fsp3) is 1.00. The van der Waals surface area contributed by atoms with Gasteiger partial charge in [-0.15, -0.1) is 0 Å². The van der Waals surface area contributed by atoms with Gasteiger partial charge >= 0.3 is 11.0 Å². The van der Waals surface area contributed by atoms with Gasteiger partial charge in [-0.1, -0.05) is 0 Å². The topological polar surface area (TPSA) is 110 Å². The van der Waals surface area contributed by atoms with E-state index in [1.807, 2.05) is 6.92 Å². The van der Waals surface area contributed by atoms with Crippen LogP contribution < -0.4 is 0 Å². The molecule has 1 atom stereocenters. The summed E-state index contributed by atoms with van der Waals surface area (Å²) in [5, 5.41) is 0. The third kappa shape index (κ3) is 10.2. The zero-order chi connectivity index (χ0) is 23.0. The zero-order valence-electron chi connectivity index (χ0n) is 15.5. The lowest BCUT2D eigenvalue weighted by Gasteiger charge is -2.26. The minimum Gasteiger partial charge on any atom is -0.421 e. The monoisotopic (exact) mass is 484 g/mol. The molecular weight excluding hydrogens is 462 g/mol. The van der Waals surface area contributed by atoms with Gasteiger partial charge in [0.2, 0.25) is 0 Å². The summed E-state index contributed by atoms with van der Waals surface area (Å²) in [7, 11) is -11.2. The number of alkyl halides is 6. The Morgan fingerprint density at radius 3 is 1.79 bits per heavy atom. The average Bonchev–Trinajstić information content (AvgIpc) is 2.95. The largest absolute Gasteiger partial charge is 0.480 e. The molecule has 0 aliphatic carbocycles. The average molecular weight is 484 g/mol. The molecule has 1 heterocycles. The van der Waals surface area contributed by atoms with Crippen LogP contribution >= 0.6 is 0 Å². The quantitative estimate of drug-likeness (QED) is 0.277. The van der Waals surface area contributed by atoms with Crippen molar-refractivity contribution in [3.05, 3.63) is 4.13 Å². The molecule has 0 saturated carbocycles. The number of quaternary nitrogens is 1. The number of hydrogen-bond acceptors (Lipinski definition) is 7. The van der Waals surface area contributed by atoms with Crippen LogP contribution in [0.5, 0.6) is 0 Å². The van der Waals surface area contributed by atoms with Gasteiger partial charge in [-0.3, -0.25) is 4.48 Å². The number of likely N-dealkylation sites (N-methyl/N-ethyl adjacent to an activating group) is 1. The summed E-state index contributed by atoms with van der Waals surface area (Å²) in [6.45, 7) is 8.82. The van der Waals surface area contributed by atoms with Crippen molar-refractivity contribution in [1.29, 1.82) is 0 Å². The summed E-state index contributed by atoms with van der Waals surface area (Å²) in [4.78, 5) is 0. The van der Waals surface area contributed by atoms with Gasteiger partial charge in [0.1, 0.15) is 19.7 Å². The molecule has 0 aromatic heterocycles. The van der Waals surface area contributed by atoms with E-state index in [1.165, 1.54) is 0 Å². The van der Waals surface area contributed by atoms with Crippen LogP contribution in [0.2, 0.25) is 0 Å². The Kier molecular flexibility index (Phi) is 10.8. The smallest absolute Gasteiger partial charge is 0.421 e. The fourth-order valence-corrected chi connectivity index (χ4v) is 3.38. The van der Waals surface area contributed by atoms with Gasteiger partial charge in [-0.25, -0.2) is 16.8 Å². The molecule has 0 N–H and O–H groups in total. The van der Waals surface area contributed by atoms with Crippen molar-refractivity contribution in [1.82, 2.24) is 0 Å². The van der Waals surface area contributed by atoms with E-state index in [0.29, 0.717) is 13.2 Å². The number of halogens is 6. The Morgan fingerprint density at radius 2 is 1.41 bits per heavy atom. The van der Waals surface area contributed by atoms with Gasteiger partial charge in [0.15, 0.2) is 26.8 Å². The predicted octanol–water partition coefficient (Wildman–Crippen LogP) is 1.53. The van der Waals surface area contributed by atoms with E-state index in [2.05, 4.69) is 7.05 Å². The maximum atomic E-state index is 11.4. The Labute approximate surface area is 164 Å². The van der Waals surface area contributed by atoms with Gasteiger partial charge in [0, 0.05) is 6.61 Å². The van der Waals surface area contributed by atoms with Gasteiger partial charge in [-0.2, -0.15) is 26.3 Å². The van der Waals surface area contributed by atoms with Crippen LogP contribution in [0.3, 0.4) is 0 Å². The van der Waals surface area contributed by atoms with Gasteiger partial charge in [0.05, 0.1) is 26.9 Å². The lowest BCUT2D eigenvalue weighted by atomic mass is 10.4. The fourth-order valence-electron chi connectivity index (χ4n) is 1.67. The molecule has 176 valence electrons. The minimum absolute atomic E-state index is 0.703. The molecule has 0 aromatic carbocycles. The second-order valence-electron chi connectivity index (χ2n) is 5.83. The highest BCUT2D eigenvalue weighted by Crippen LogP contribution is 2.36. The molecule has 1 rings (SSSR count). The Balaban J connectivity index is 0.000000541. The van der Waals surface area contributed by atoms with Crippen LogP contribution in [-0.2, 0) is 34.3 Å². The van der Waals surface area contributed by atoms with Crippen molar-refractivity contribution in [2.24, 2.45) is 0 Å². The molecule has 1 unspecified atom stereocenters. The van der Waals surface area contributed by atoms with E-state index in [4.69, 9.17) is 14.2 Å². The maximum Gasteiger partial charge on any atom is 0.480 e.